The number of carbonyl (C=O) groups excluding carboxylic acids is 1. The molecule has 1 aliphatic heterocycles. The first kappa shape index (κ1) is 13.3. The smallest absolute Gasteiger partial charge is 0.323 e. The number of amides is 1. The topological polar surface area (TPSA) is 85.3 Å². The first-order chi connectivity index (χ1) is 8.15. The van der Waals surface area contributed by atoms with Crippen LogP contribution in [0.25, 0.3) is 0 Å². The van der Waals surface area contributed by atoms with Crippen molar-refractivity contribution in [1.82, 2.24) is 4.90 Å². The van der Waals surface area contributed by atoms with E-state index in [0.29, 0.717) is 6.61 Å². The number of ether oxygens (including phenoxy) is 3. The van der Waals surface area contributed by atoms with Crippen molar-refractivity contribution in [2.45, 2.75) is 0 Å². The van der Waals surface area contributed by atoms with Gasteiger partial charge in [-0.15, -0.1) is 0 Å². The Kier molecular flexibility index (Phi) is 5.28. The number of nitrogens with zero attached hydrogens (tertiary/aromatic N) is 1. The Bertz CT molecular complexity index is 314. The Morgan fingerprint density at radius 3 is 2.82 bits per heavy atom. The third-order valence-corrected chi connectivity index (χ3v) is 2.04. The Labute approximate surface area is 98.5 Å². The van der Waals surface area contributed by atoms with Gasteiger partial charge >= 0.3 is 5.97 Å². The maximum absolute atomic E-state index is 11.9. The molecule has 1 N–H and O–H groups in total. The summed E-state index contributed by atoms with van der Waals surface area (Å²) in [6.07, 6.45) is 1.20. The largest absolute Gasteiger partial charge is 0.494 e. The zero-order valence-electron chi connectivity index (χ0n) is 9.55. The van der Waals surface area contributed by atoms with Crippen molar-refractivity contribution in [2.24, 2.45) is 0 Å². The highest BCUT2D eigenvalue weighted by Gasteiger charge is 2.23. The SMILES string of the molecule is COCCN(CC(=O)O)C(=O)C1=COCCO1. The standard InChI is InChI=1S/C10H15NO6/c1-15-3-2-11(6-9(12)13)10(14)8-7-16-4-5-17-8/h7H,2-6H2,1H3,(H,12,13). The van der Waals surface area contributed by atoms with Crippen LogP contribution in [0.1, 0.15) is 0 Å². The second-order valence-electron chi connectivity index (χ2n) is 3.31. The molecule has 1 rings (SSSR count). The van der Waals surface area contributed by atoms with Crippen molar-refractivity contribution < 1.29 is 28.9 Å². The molecule has 0 aromatic rings. The highest BCUT2D eigenvalue weighted by molar-refractivity contribution is 5.93. The summed E-state index contributed by atoms with van der Waals surface area (Å²) in [5, 5.41) is 8.70. The Morgan fingerprint density at radius 1 is 1.53 bits per heavy atom. The Balaban J connectivity index is 2.63. The number of methoxy groups -OCH3 is 1. The van der Waals surface area contributed by atoms with Crippen LogP contribution in [0.15, 0.2) is 12.0 Å². The van der Waals surface area contributed by atoms with Crippen molar-refractivity contribution in [3.63, 3.8) is 0 Å². The van der Waals surface area contributed by atoms with Crippen LogP contribution in [0.2, 0.25) is 0 Å². The van der Waals surface area contributed by atoms with Crippen molar-refractivity contribution >= 4 is 11.9 Å². The quantitative estimate of drug-likeness (QED) is 0.674. The molecule has 0 radical (unpaired) electrons. The second-order valence-corrected chi connectivity index (χ2v) is 3.31. The minimum atomic E-state index is -1.09. The molecular weight excluding hydrogens is 230 g/mol. The van der Waals surface area contributed by atoms with Gasteiger partial charge in [-0.25, -0.2) is 0 Å². The van der Waals surface area contributed by atoms with Gasteiger partial charge in [0.05, 0.1) is 6.61 Å². The third kappa shape index (κ3) is 4.31. The van der Waals surface area contributed by atoms with Crippen molar-refractivity contribution in [1.29, 1.82) is 0 Å². The van der Waals surface area contributed by atoms with Crippen LogP contribution in [-0.4, -0.2) is 61.9 Å². The lowest BCUT2D eigenvalue weighted by molar-refractivity contribution is -0.145. The van der Waals surface area contributed by atoms with Gasteiger partial charge in [-0.3, -0.25) is 9.59 Å². The first-order valence-corrected chi connectivity index (χ1v) is 5.09. The van der Waals surface area contributed by atoms with Gasteiger partial charge in [0.2, 0.25) is 5.76 Å². The second kappa shape index (κ2) is 6.74. The number of carbonyl (C=O) groups is 2. The van der Waals surface area contributed by atoms with Crippen molar-refractivity contribution in [3.8, 4) is 0 Å². The van der Waals surface area contributed by atoms with Gasteiger partial charge < -0.3 is 24.2 Å². The summed E-state index contributed by atoms with van der Waals surface area (Å²) >= 11 is 0. The minimum absolute atomic E-state index is 0.0219. The highest BCUT2D eigenvalue weighted by atomic mass is 16.6. The molecule has 0 fully saturated rings. The molecule has 0 aliphatic carbocycles. The Hall–Kier alpha value is -1.76. The van der Waals surface area contributed by atoms with E-state index in [2.05, 4.69) is 0 Å². The minimum Gasteiger partial charge on any atom is -0.494 e. The van der Waals surface area contributed by atoms with Gasteiger partial charge in [0.15, 0.2) is 0 Å². The summed E-state index contributed by atoms with van der Waals surface area (Å²) in [6.45, 7) is 0.703. The van der Waals surface area contributed by atoms with Gasteiger partial charge in [-0.2, -0.15) is 0 Å². The fourth-order valence-electron chi connectivity index (χ4n) is 1.25. The number of hydrogen-bond acceptors (Lipinski definition) is 5. The summed E-state index contributed by atoms with van der Waals surface area (Å²) in [5.74, 6) is -1.58. The number of carboxylic acid groups (broad SMARTS) is 1. The lowest BCUT2D eigenvalue weighted by atomic mass is 10.4. The molecule has 0 saturated carbocycles. The van der Waals surface area contributed by atoms with E-state index in [-0.39, 0.29) is 25.5 Å². The summed E-state index contributed by atoms with van der Waals surface area (Å²) in [5.41, 5.74) is 0. The fourth-order valence-corrected chi connectivity index (χ4v) is 1.25. The van der Waals surface area contributed by atoms with Gasteiger partial charge in [-0.1, -0.05) is 0 Å². The van der Waals surface area contributed by atoms with Crippen LogP contribution >= 0.6 is 0 Å². The van der Waals surface area contributed by atoms with Gasteiger partial charge in [0.1, 0.15) is 26.0 Å². The van der Waals surface area contributed by atoms with Gasteiger partial charge in [0, 0.05) is 13.7 Å². The molecule has 0 aromatic carbocycles. The molecule has 7 nitrogen and oxygen atoms in total. The lowest BCUT2D eigenvalue weighted by Crippen LogP contribution is -2.39. The normalized spacial score (nSPS) is 14.3. The summed E-state index contributed by atoms with van der Waals surface area (Å²) in [7, 11) is 1.48. The predicted molar refractivity (Wildman–Crippen MR) is 56.1 cm³/mol. The number of rotatable bonds is 6. The fraction of sp³-hybridized carbons (Fsp3) is 0.600. The summed E-state index contributed by atoms with van der Waals surface area (Å²) in [6, 6.07) is 0. The molecule has 0 atom stereocenters. The molecule has 1 aliphatic rings. The third-order valence-electron chi connectivity index (χ3n) is 2.04. The van der Waals surface area contributed by atoms with Crippen molar-refractivity contribution in [3.05, 3.63) is 12.0 Å². The monoisotopic (exact) mass is 245 g/mol. The van der Waals surface area contributed by atoms with Crippen LogP contribution < -0.4 is 0 Å². The molecule has 1 amide bonds. The van der Waals surface area contributed by atoms with E-state index in [9.17, 15) is 9.59 Å². The average Bonchev–Trinajstić information content (AvgIpc) is 2.34. The molecule has 7 heteroatoms. The van der Waals surface area contributed by atoms with Crippen LogP contribution in [0, 0.1) is 0 Å². The zero-order chi connectivity index (χ0) is 12.7. The van der Waals surface area contributed by atoms with E-state index in [4.69, 9.17) is 19.3 Å². The molecule has 96 valence electrons. The molecular formula is C10H15NO6. The summed E-state index contributed by atoms with van der Waals surface area (Å²) < 4.78 is 14.9. The first-order valence-electron chi connectivity index (χ1n) is 5.09. The highest BCUT2D eigenvalue weighted by Crippen LogP contribution is 2.08. The molecule has 0 unspecified atom stereocenters. The van der Waals surface area contributed by atoms with Crippen LogP contribution in [0.5, 0.6) is 0 Å². The van der Waals surface area contributed by atoms with E-state index < -0.39 is 18.4 Å². The molecule has 0 aromatic heterocycles. The molecule has 0 bridgehead atoms. The van der Waals surface area contributed by atoms with E-state index in [1.807, 2.05) is 0 Å². The molecule has 0 spiro atoms. The van der Waals surface area contributed by atoms with E-state index in [1.165, 1.54) is 13.4 Å². The average molecular weight is 245 g/mol. The predicted octanol–water partition coefficient (Wildman–Crippen LogP) is -0.566. The molecule has 0 saturated heterocycles. The van der Waals surface area contributed by atoms with E-state index in [0.717, 1.165) is 4.90 Å². The van der Waals surface area contributed by atoms with Crippen LogP contribution in [-0.2, 0) is 23.8 Å². The van der Waals surface area contributed by atoms with Gasteiger partial charge in [0.25, 0.3) is 5.91 Å². The van der Waals surface area contributed by atoms with Crippen molar-refractivity contribution in [2.75, 3.05) is 40.0 Å². The zero-order valence-corrected chi connectivity index (χ0v) is 9.55. The maximum Gasteiger partial charge on any atom is 0.323 e. The maximum atomic E-state index is 11.9. The van der Waals surface area contributed by atoms with Crippen LogP contribution in [0.3, 0.4) is 0 Å². The van der Waals surface area contributed by atoms with Crippen LogP contribution in [0.4, 0.5) is 0 Å². The molecule has 1 heterocycles. The molecule has 17 heavy (non-hydrogen) atoms. The summed E-state index contributed by atoms with van der Waals surface area (Å²) in [4.78, 5) is 23.6. The number of carboxylic acids is 1. The Morgan fingerprint density at radius 2 is 2.29 bits per heavy atom. The van der Waals surface area contributed by atoms with Gasteiger partial charge in [-0.05, 0) is 0 Å². The lowest BCUT2D eigenvalue weighted by Gasteiger charge is -2.23. The van der Waals surface area contributed by atoms with E-state index in [1.54, 1.807) is 0 Å². The van der Waals surface area contributed by atoms with E-state index >= 15 is 0 Å². The number of hydrogen-bond donors (Lipinski definition) is 1. The number of aliphatic carboxylic acids is 1.